The van der Waals surface area contributed by atoms with Crippen LogP contribution in [0, 0.1) is 0 Å². The van der Waals surface area contributed by atoms with Crippen LogP contribution >= 0.6 is 0 Å². The van der Waals surface area contributed by atoms with E-state index in [9.17, 15) is 19.5 Å². The number of amides is 2. The van der Waals surface area contributed by atoms with E-state index >= 15 is 0 Å². The van der Waals surface area contributed by atoms with E-state index in [2.05, 4.69) is 10.6 Å². The van der Waals surface area contributed by atoms with E-state index in [1.165, 1.54) is 6.92 Å². The largest absolute Gasteiger partial charge is 0.459 e. The maximum atomic E-state index is 14.5. The number of esters is 1. The zero-order chi connectivity index (χ0) is 49.6. The average molecular weight is 967 g/mol. The molecule has 0 bridgehead atoms. The van der Waals surface area contributed by atoms with Gasteiger partial charge in [-0.25, -0.2) is 9.59 Å². The van der Waals surface area contributed by atoms with Crippen molar-refractivity contribution in [3.8, 4) is 0 Å². The molecule has 0 spiro atoms. The highest BCUT2D eigenvalue weighted by Gasteiger charge is 2.50. The van der Waals surface area contributed by atoms with Gasteiger partial charge in [-0.05, 0) is 47.2 Å². The molecule has 14 heteroatoms. The number of benzene rings is 6. The van der Waals surface area contributed by atoms with Crippen molar-refractivity contribution in [2.45, 2.75) is 108 Å². The molecule has 1 aliphatic heterocycles. The van der Waals surface area contributed by atoms with Crippen molar-refractivity contribution in [1.82, 2.24) is 10.6 Å². The van der Waals surface area contributed by atoms with E-state index in [1.54, 1.807) is 43.3 Å². The molecule has 1 heterocycles. The number of ether oxygens (including phenoxy) is 8. The highest BCUT2D eigenvalue weighted by molar-refractivity contribution is 5.90. The van der Waals surface area contributed by atoms with Crippen LogP contribution in [0.15, 0.2) is 182 Å². The second-order valence-corrected chi connectivity index (χ2v) is 17.2. The fourth-order valence-electron chi connectivity index (χ4n) is 7.87. The summed E-state index contributed by atoms with van der Waals surface area (Å²) in [4.78, 5) is 41.7. The number of hydrogen-bond acceptors (Lipinski definition) is 12. The molecule has 1 aliphatic rings. The number of aliphatic hydroxyl groups excluding tert-OH is 1. The van der Waals surface area contributed by atoms with Crippen LogP contribution in [0.2, 0.25) is 0 Å². The van der Waals surface area contributed by atoms with E-state index < -0.39 is 73.0 Å². The quantitative estimate of drug-likeness (QED) is 0.0474. The predicted octanol–water partition coefficient (Wildman–Crippen LogP) is 7.99. The van der Waals surface area contributed by atoms with E-state index in [-0.39, 0.29) is 46.2 Å². The lowest BCUT2D eigenvalue weighted by molar-refractivity contribution is -0.336. The third-order valence-corrected chi connectivity index (χ3v) is 11.7. The zero-order valence-electron chi connectivity index (χ0n) is 39.9. The third-order valence-electron chi connectivity index (χ3n) is 11.7. The zero-order valence-corrected chi connectivity index (χ0v) is 39.9. The normalized spacial score (nSPS) is 19.3. The van der Waals surface area contributed by atoms with Gasteiger partial charge in [-0.3, -0.25) is 4.79 Å². The summed E-state index contributed by atoms with van der Waals surface area (Å²) >= 11 is 0. The van der Waals surface area contributed by atoms with Gasteiger partial charge in [0.2, 0.25) is 5.91 Å². The van der Waals surface area contributed by atoms with Crippen molar-refractivity contribution < 1.29 is 57.4 Å². The maximum Gasteiger partial charge on any atom is 0.408 e. The number of carbonyl (C=O) groups excluding carboxylic acids is 3. The summed E-state index contributed by atoms with van der Waals surface area (Å²) in [5.41, 5.74) is 5.05. The van der Waals surface area contributed by atoms with E-state index in [1.807, 2.05) is 146 Å². The Kier molecular flexibility index (Phi) is 20.2. The van der Waals surface area contributed by atoms with Crippen molar-refractivity contribution in [2.75, 3.05) is 6.61 Å². The Hall–Kier alpha value is -6.75. The standard InChI is InChI=1S/C57H62N2O12/c1-40(60)49(55(62)68-37-46-29-17-7-18-30-46)58-54(61)50(59-57(63)69-38-47-31-19-8-20-32-47)41(2)70-56-53(67-36-45-27-15-6-16-28-45)52(66-35-44-25-13-5-14-26-44)51(65-34-43-23-11-4-12-24-43)48(71-56)39-64-33-42-21-9-3-10-22-42/h3-32,40-41,48-53,56,60H,33-39H2,1-2H3,(H,58,61)(H,59,63)/t40-,41-,48-,49+,50+,51+,52+,53-,56-/m1/s1. The van der Waals surface area contributed by atoms with Gasteiger partial charge < -0.3 is 53.6 Å². The van der Waals surface area contributed by atoms with Gasteiger partial charge in [0, 0.05) is 0 Å². The molecule has 71 heavy (non-hydrogen) atoms. The highest BCUT2D eigenvalue weighted by atomic mass is 16.7. The molecule has 0 unspecified atom stereocenters. The Morgan fingerprint density at radius 3 is 1.34 bits per heavy atom. The lowest BCUT2D eigenvalue weighted by Crippen LogP contribution is -2.64. The minimum atomic E-state index is -1.54. The van der Waals surface area contributed by atoms with Crippen LogP contribution in [-0.4, -0.2) is 84.7 Å². The molecule has 3 N–H and O–H groups in total. The fourth-order valence-corrected chi connectivity index (χ4v) is 7.87. The van der Waals surface area contributed by atoms with Gasteiger partial charge in [0.1, 0.15) is 43.7 Å². The monoisotopic (exact) mass is 966 g/mol. The van der Waals surface area contributed by atoms with Crippen molar-refractivity contribution in [1.29, 1.82) is 0 Å². The van der Waals surface area contributed by atoms with Crippen molar-refractivity contribution >= 4 is 18.0 Å². The van der Waals surface area contributed by atoms with Crippen molar-refractivity contribution in [3.05, 3.63) is 215 Å². The van der Waals surface area contributed by atoms with Crippen molar-refractivity contribution in [3.63, 3.8) is 0 Å². The SMILES string of the molecule is C[C@@H](O)[C@H](NC(=O)[C@@H](NC(=O)OCc1ccccc1)[C@@H](C)O[C@@H]1O[C@H](COCc2ccccc2)[C@H](OCc2ccccc2)[C@H](OCc2ccccc2)[C@H]1OCc1ccccc1)C(=O)OCc1ccccc1. The third kappa shape index (κ3) is 16.4. The van der Waals surface area contributed by atoms with Crippen LogP contribution in [0.5, 0.6) is 0 Å². The molecular weight excluding hydrogens is 905 g/mol. The molecule has 0 radical (unpaired) electrons. The molecule has 6 aromatic carbocycles. The van der Waals surface area contributed by atoms with Crippen molar-refractivity contribution in [2.24, 2.45) is 0 Å². The number of nitrogens with one attached hydrogen (secondary N) is 2. The summed E-state index contributed by atoms with van der Waals surface area (Å²) in [6, 6.07) is 53.7. The molecule has 9 atom stereocenters. The molecule has 6 aromatic rings. The summed E-state index contributed by atoms with van der Waals surface area (Å²) in [6.45, 7) is 3.51. The summed E-state index contributed by atoms with van der Waals surface area (Å²) < 4.78 is 51.6. The first-order valence-corrected chi connectivity index (χ1v) is 23.8. The van der Waals surface area contributed by atoms with Crippen LogP contribution in [0.3, 0.4) is 0 Å². The summed E-state index contributed by atoms with van der Waals surface area (Å²) in [5.74, 6) is -1.77. The Bertz CT molecular complexity index is 2470. The Balaban J connectivity index is 1.20. The summed E-state index contributed by atoms with van der Waals surface area (Å²) in [7, 11) is 0. The Labute approximate surface area is 415 Å². The maximum absolute atomic E-state index is 14.5. The molecular formula is C57H62N2O12. The molecule has 0 aliphatic carbocycles. The lowest BCUT2D eigenvalue weighted by atomic mass is 9.97. The van der Waals surface area contributed by atoms with Crippen LogP contribution in [0.1, 0.15) is 47.2 Å². The molecule has 372 valence electrons. The molecule has 0 aromatic heterocycles. The van der Waals surface area contributed by atoms with Crippen LogP contribution in [0.4, 0.5) is 4.79 Å². The first kappa shape index (κ1) is 52.1. The van der Waals surface area contributed by atoms with Gasteiger partial charge >= 0.3 is 12.1 Å². The molecule has 0 saturated carbocycles. The highest BCUT2D eigenvalue weighted by Crippen LogP contribution is 2.33. The van der Waals surface area contributed by atoms with Crippen LogP contribution < -0.4 is 10.6 Å². The van der Waals surface area contributed by atoms with Gasteiger partial charge in [0.05, 0.1) is 45.2 Å². The summed E-state index contributed by atoms with van der Waals surface area (Å²) in [5, 5.41) is 16.1. The van der Waals surface area contributed by atoms with E-state index in [0.29, 0.717) is 11.1 Å². The van der Waals surface area contributed by atoms with Crippen LogP contribution in [0.25, 0.3) is 0 Å². The Morgan fingerprint density at radius 1 is 0.493 bits per heavy atom. The first-order chi connectivity index (χ1) is 34.7. The topological polar surface area (TPSA) is 169 Å². The number of carbonyl (C=O) groups is 3. The second-order valence-electron chi connectivity index (χ2n) is 17.2. The number of alkyl carbamates (subject to hydrolysis) is 1. The van der Waals surface area contributed by atoms with Gasteiger partial charge in [-0.2, -0.15) is 0 Å². The first-order valence-electron chi connectivity index (χ1n) is 23.8. The molecule has 1 saturated heterocycles. The minimum absolute atomic E-state index is 0.0360. The fraction of sp³-hybridized carbons (Fsp3) is 0.316. The second kappa shape index (κ2) is 27.6. The van der Waals surface area contributed by atoms with Gasteiger partial charge in [0.25, 0.3) is 0 Å². The molecule has 2 amide bonds. The summed E-state index contributed by atoms with van der Waals surface area (Å²) in [6.07, 6.45) is -8.34. The number of aliphatic hydroxyl groups is 1. The number of rotatable bonds is 25. The smallest absolute Gasteiger partial charge is 0.408 e. The van der Waals surface area contributed by atoms with E-state index in [0.717, 1.165) is 22.3 Å². The van der Waals surface area contributed by atoms with Gasteiger partial charge in [-0.15, -0.1) is 0 Å². The van der Waals surface area contributed by atoms with Gasteiger partial charge in [-0.1, -0.05) is 182 Å². The lowest BCUT2D eigenvalue weighted by Gasteiger charge is -2.46. The average Bonchev–Trinajstić information content (AvgIpc) is 3.40. The predicted molar refractivity (Wildman–Crippen MR) is 264 cm³/mol. The molecule has 1 fully saturated rings. The van der Waals surface area contributed by atoms with Crippen LogP contribution in [-0.2, 0) is 87.1 Å². The minimum Gasteiger partial charge on any atom is -0.459 e. The van der Waals surface area contributed by atoms with E-state index in [4.69, 9.17) is 37.9 Å². The molecule has 7 rings (SSSR count). The Morgan fingerprint density at radius 2 is 0.887 bits per heavy atom. The molecule has 14 nitrogen and oxygen atoms in total. The number of hydrogen-bond donors (Lipinski definition) is 3. The van der Waals surface area contributed by atoms with Gasteiger partial charge in [0.15, 0.2) is 12.3 Å².